The Kier molecular flexibility index (Phi) is 6.03. The molecular formula is C24H23N5O3S2. The molecular weight excluding hydrogens is 470 g/mol. The van der Waals surface area contributed by atoms with Gasteiger partial charge in [-0.2, -0.15) is 9.40 Å². The van der Waals surface area contributed by atoms with Crippen LogP contribution in [0.4, 0.5) is 0 Å². The maximum Gasteiger partial charge on any atom is 0.257 e. The van der Waals surface area contributed by atoms with Gasteiger partial charge in [-0.05, 0) is 43.3 Å². The van der Waals surface area contributed by atoms with E-state index in [0.29, 0.717) is 28.6 Å². The van der Waals surface area contributed by atoms with Crippen LogP contribution in [-0.2, 0) is 10.0 Å². The highest BCUT2D eigenvalue weighted by atomic mass is 32.2. The number of carbonyl (C=O) groups is 1. The van der Waals surface area contributed by atoms with Gasteiger partial charge < -0.3 is 4.90 Å². The highest BCUT2D eigenvalue weighted by Crippen LogP contribution is 2.27. The van der Waals surface area contributed by atoms with Crippen LogP contribution >= 0.6 is 11.3 Å². The van der Waals surface area contributed by atoms with E-state index in [9.17, 15) is 13.2 Å². The first kappa shape index (κ1) is 22.5. The van der Waals surface area contributed by atoms with Crippen molar-refractivity contribution in [3.05, 3.63) is 83.6 Å². The Morgan fingerprint density at radius 2 is 1.74 bits per heavy atom. The second kappa shape index (κ2) is 9.13. The monoisotopic (exact) mass is 493 g/mol. The van der Waals surface area contributed by atoms with Crippen LogP contribution in [0.15, 0.2) is 77.4 Å². The van der Waals surface area contributed by atoms with Crippen molar-refractivity contribution >= 4 is 27.3 Å². The summed E-state index contributed by atoms with van der Waals surface area (Å²) in [4.78, 5) is 20.4. The number of sulfonamides is 1. The standard InChI is InChI=1S/C24H23N5O3S2/c1-18-9-10-22(33-18)34(31,32)28-14-12-27(13-15-28)24(30)21-17-29(20-7-3-2-4-8-20)26-23(21)19-6-5-11-25-16-19/h2-11,16-17H,12-15H2,1H3. The van der Waals surface area contributed by atoms with E-state index in [-0.39, 0.29) is 19.0 Å². The molecule has 0 radical (unpaired) electrons. The van der Waals surface area contributed by atoms with Gasteiger partial charge in [0.2, 0.25) is 0 Å². The number of carbonyl (C=O) groups excluding carboxylic acids is 1. The van der Waals surface area contributed by atoms with Crippen molar-refractivity contribution in [2.75, 3.05) is 26.2 Å². The lowest BCUT2D eigenvalue weighted by molar-refractivity contribution is 0.0698. The van der Waals surface area contributed by atoms with Crippen molar-refractivity contribution in [2.45, 2.75) is 11.1 Å². The minimum atomic E-state index is -3.55. The van der Waals surface area contributed by atoms with Crippen molar-refractivity contribution in [3.8, 4) is 16.9 Å². The molecule has 0 unspecified atom stereocenters. The zero-order valence-electron chi connectivity index (χ0n) is 18.5. The second-order valence-corrected chi connectivity index (χ2v) is 11.4. The number of aromatic nitrogens is 3. The number of amides is 1. The Bertz CT molecular complexity index is 1410. The lowest BCUT2D eigenvalue weighted by atomic mass is 10.1. The Morgan fingerprint density at radius 1 is 0.971 bits per heavy atom. The summed E-state index contributed by atoms with van der Waals surface area (Å²) in [7, 11) is -3.55. The first-order chi connectivity index (χ1) is 16.4. The van der Waals surface area contributed by atoms with Crippen LogP contribution in [0.25, 0.3) is 16.9 Å². The molecule has 10 heteroatoms. The molecule has 8 nitrogen and oxygen atoms in total. The van der Waals surface area contributed by atoms with Crippen molar-refractivity contribution in [1.29, 1.82) is 0 Å². The molecule has 1 fully saturated rings. The first-order valence-electron chi connectivity index (χ1n) is 10.8. The fraction of sp³-hybridized carbons (Fsp3) is 0.208. The van der Waals surface area contributed by atoms with Gasteiger partial charge in [-0.1, -0.05) is 18.2 Å². The summed E-state index contributed by atoms with van der Waals surface area (Å²) >= 11 is 1.27. The number of pyridine rings is 1. The summed E-state index contributed by atoms with van der Waals surface area (Å²) in [5.41, 5.74) is 2.59. The molecule has 5 rings (SSSR count). The van der Waals surface area contributed by atoms with Gasteiger partial charge in [0.25, 0.3) is 15.9 Å². The first-order valence-corrected chi connectivity index (χ1v) is 13.1. The van der Waals surface area contributed by atoms with Crippen LogP contribution in [0.1, 0.15) is 15.2 Å². The summed E-state index contributed by atoms with van der Waals surface area (Å²) in [6.07, 6.45) is 5.09. The Morgan fingerprint density at radius 3 is 2.38 bits per heavy atom. The molecule has 0 atom stereocenters. The van der Waals surface area contributed by atoms with Gasteiger partial charge in [-0.3, -0.25) is 9.78 Å². The third-order valence-corrected chi connectivity index (χ3v) is 9.10. The van der Waals surface area contributed by atoms with Crippen molar-refractivity contribution in [2.24, 2.45) is 0 Å². The lowest BCUT2D eigenvalue weighted by Crippen LogP contribution is -2.50. The highest BCUT2D eigenvalue weighted by Gasteiger charge is 2.32. The number of hydrogen-bond acceptors (Lipinski definition) is 6. The van der Waals surface area contributed by atoms with E-state index in [2.05, 4.69) is 10.1 Å². The molecule has 1 amide bonds. The Balaban J connectivity index is 1.40. The lowest BCUT2D eigenvalue weighted by Gasteiger charge is -2.33. The van der Waals surface area contributed by atoms with Crippen LogP contribution < -0.4 is 0 Å². The quantitative estimate of drug-likeness (QED) is 0.425. The van der Waals surface area contributed by atoms with Crippen molar-refractivity contribution in [3.63, 3.8) is 0 Å². The SMILES string of the molecule is Cc1ccc(S(=O)(=O)N2CCN(C(=O)c3cn(-c4ccccc4)nc3-c3cccnc3)CC2)s1. The summed E-state index contributed by atoms with van der Waals surface area (Å²) in [5.74, 6) is -0.176. The van der Waals surface area contributed by atoms with E-state index < -0.39 is 10.0 Å². The van der Waals surface area contributed by atoms with Gasteiger partial charge in [0.15, 0.2) is 0 Å². The molecule has 174 valence electrons. The van der Waals surface area contributed by atoms with E-state index in [1.165, 1.54) is 15.6 Å². The minimum absolute atomic E-state index is 0.176. The van der Waals surface area contributed by atoms with Gasteiger partial charge in [-0.25, -0.2) is 13.1 Å². The number of aryl methyl sites for hydroxylation is 1. The molecule has 4 aromatic rings. The summed E-state index contributed by atoms with van der Waals surface area (Å²) in [6, 6.07) is 16.7. The van der Waals surface area contributed by atoms with Crippen LogP contribution in [-0.4, -0.2) is 64.5 Å². The summed E-state index contributed by atoms with van der Waals surface area (Å²) in [6.45, 7) is 3.01. The van der Waals surface area contributed by atoms with E-state index >= 15 is 0 Å². The highest BCUT2D eigenvalue weighted by molar-refractivity contribution is 7.91. The molecule has 3 aromatic heterocycles. The maximum atomic E-state index is 13.6. The van der Waals surface area contributed by atoms with Gasteiger partial charge >= 0.3 is 0 Å². The molecule has 4 heterocycles. The number of benzene rings is 1. The van der Waals surface area contributed by atoms with E-state index in [0.717, 1.165) is 16.1 Å². The van der Waals surface area contributed by atoms with Gasteiger partial charge in [-0.15, -0.1) is 11.3 Å². The number of nitrogens with zero attached hydrogens (tertiary/aromatic N) is 5. The molecule has 1 saturated heterocycles. The number of piperazine rings is 1. The number of thiophene rings is 1. The minimum Gasteiger partial charge on any atom is -0.336 e. The molecule has 0 bridgehead atoms. The van der Waals surface area contributed by atoms with E-state index in [1.807, 2.05) is 49.4 Å². The van der Waals surface area contributed by atoms with Crippen molar-refractivity contribution < 1.29 is 13.2 Å². The van der Waals surface area contributed by atoms with Crippen LogP contribution in [0.3, 0.4) is 0 Å². The molecule has 0 saturated carbocycles. The fourth-order valence-corrected chi connectivity index (χ4v) is 6.80. The number of para-hydroxylation sites is 1. The third kappa shape index (κ3) is 4.27. The van der Waals surface area contributed by atoms with Crippen molar-refractivity contribution in [1.82, 2.24) is 24.0 Å². The second-order valence-electron chi connectivity index (χ2n) is 7.97. The topological polar surface area (TPSA) is 88.4 Å². The molecule has 1 aliphatic rings. The smallest absolute Gasteiger partial charge is 0.257 e. The largest absolute Gasteiger partial charge is 0.336 e. The molecule has 0 N–H and O–H groups in total. The Labute approximate surface area is 202 Å². The molecule has 1 aromatic carbocycles. The van der Waals surface area contributed by atoms with Crippen LogP contribution in [0.2, 0.25) is 0 Å². The van der Waals surface area contributed by atoms with Gasteiger partial charge in [0.05, 0.1) is 11.3 Å². The molecule has 0 spiro atoms. The predicted octanol–water partition coefficient (Wildman–Crippen LogP) is 3.45. The van der Waals surface area contributed by atoms with Crippen LogP contribution in [0, 0.1) is 6.92 Å². The molecule has 34 heavy (non-hydrogen) atoms. The van der Waals surface area contributed by atoms with E-state index in [4.69, 9.17) is 0 Å². The molecule has 1 aliphatic heterocycles. The number of hydrogen-bond donors (Lipinski definition) is 0. The summed E-state index contributed by atoms with van der Waals surface area (Å²) < 4.78 is 29.4. The zero-order valence-corrected chi connectivity index (χ0v) is 20.2. The maximum absolute atomic E-state index is 13.6. The summed E-state index contributed by atoms with van der Waals surface area (Å²) in [5, 5.41) is 4.69. The average molecular weight is 494 g/mol. The fourth-order valence-electron chi connectivity index (χ4n) is 3.94. The predicted molar refractivity (Wildman–Crippen MR) is 131 cm³/mol. The third-order valence-electron chi connectivity index (χ3n) is 5.74. The van der Waals surface area contributed by atoms with E-state index in [1.54, 1.807) is 40.3 Å². The molecule has 0 aliphatic carbocycles. The normalized spacial score (nSPS) is 14.9. The van der Waals surface area contributed by atoms with Crippen LogP contribution in [0.5, 0.6) is 0 Å². The zero-order chi connectivity index (χ0) is 23.7. The Hall–Kier alpha value is -3.34. The number of rotatable bonds is 5. The van der Waals surface area contributed by atoms with Gasteiger partial charge in [0, 0.05) is 55.2 Å². The average Bonchev–Trinajstić information content (AvgIpc) is 3.52. The van der Waals surface area contributed by atoms with Gasteiger partial charge in [0.1, 0.15) is 9.90 Å².